The number of aromatic amines is 1. The van der Waals surface area contributed by atoms with E-state index in [2.05, 4.69) is 23.0 Å². The first-order chi connectivity index (χ1) is 13.0. The quantitative estimate of drug-likeness (QED) is 0.890. The molecule has 3 heterocycles. The number of nitrogens with zero attached hydrogens (tertiary/aromatic N) is 3. The highest BCUT2D eigenvalue weighted by molar-refractivity contribution is 5.99. The van der Waals surface area contributed by atoms with Crippen LogP contribution in [0.5, 0.6) is 0 Å². The van der Waals surface area contributed by atoms with Gasteiger partial charge in [0.05, 0.1) is 19.1 Å². The van der Waals surface area contributed by atoms with Gasteiger partial charge >= 0.3 is 0 Å². The smallest absolute Gasteiger partial charge is 0.253 e. The van der Waals surface area contributed by atoms with Gasteiger partial charge in [0.1, 0.15) is 11.6 Å². The largest absolute Gasteiger partial charge is 0.378 e. The van der Waals surface area contributed by atoms with Gasteiger partial charge in [0.2, 0.25) is 5.91 Å². The zero-order valence-corrected chi connectivity index (χ0v) is 15.7. The summed E-state index contributed by atoms with van der Waals surface area (Å²) < 4.78 is 5.36. The van der Waals surface area contributed by atoms with Crippen molar-refractivity contribution in [2.75, 3.05) is 42.6 Å². The molecule has 0 saturated carbocycles. The van der Waals surface area contributed by atoms with Gasteiger partial charge < -0.3 is 19.5 Å². The molecule has 4 rings (SSSR count). The van der Waals surface area contributed by atoms with Crippen molar-refractivity contribution in [1.82, 2.24) is 9.97 Å². The van der Waals surface area contributed by atoms with Crippen molar-refractivity contribution in [2.45, 2.75) is 26.2 Å². The van der Waals surface area contributed by atoms with Crippen molar-refractivity contribution in [3.63, 3.8) is 0 Å². The SMILES string of the molecule is Cc1cccc2c1CCN2C(=O)C(C)c1nc(N2CCOCC2)cc(=O)[nH]1. The summed E-state index contributed by atoms with van der Waals surface area (Å²) in [4.78, 5) is 36.5. The molecule has 142 valence electrons. The molecule has 27 heavy (non-hydrogen) atoms. The summed E-state index contributed by atoms with van der Waals surface area (Å²) >= 11 is 0. The Morgan fingerprint density at radius 1 is 1.26 bits per heavy atom. The zero-order valence-electron chi connectivity index (χ0n) is 15.7. The Kier molecular flexibility index (Phi) is 4.70. The number of anilines is 2. The summed E-state index contributed by atoms with van der Waals surface area (Å²) in [6.07, 6.45) is 0.859. The van der Waals surface area contributed by atoms with Gasteiger partial charge in [0.25, 0.3) is 5.56 Å². The second-order valence-corrected chi connectivity index (χ2v) is 7.12. The van der Waals surface area contributed by atoms with E-state index in [1.54, 1.807) is 6.92 Å². The molecule has 7 nitrogen and oxygen atoms in total. The molecule has 2 aliphatic rings. The number of amides is 1. The molecule has 2 aromatic rings. The molecule has 0 aliphatic carbocycles. The minimum Gasteiger partial charge on any atom is -0.378 e. The fourth-order valence-corrected chi connectivity index (χ4v) is 3.81. The van der Waals surface area contributed by atoms with Crippen LogP contribution in [0.4, 0.5) is 11.5 Å². The van der Waals surface area contributed by atoms with Crippen LogP contribution < -0.4 is 15.4 Å². The number of morpholine rings is 1. The van der Waals surface area contributed by atoms with Crippen LogP contribution in [0.2, 0.25) is 0 Å². The van der Waals surface area contributed by atoms with Crippen LogP contribution in [0, 0.1) is 6.92 Å². The molecule has 0 bridgehead atoms. The standard InChI is InChI=1S/C20H24N4O3/c1-13-4-3-5-16-15(13)6-7-24(16)20(26)14(2)19-21-17(12-18(25)22-19)23-8-10-27-11-9-23/h3-5,12,14H,6-11H2,1-2H3,(H,21,22,25). The minimum absolute atomic E-state index is 0.0402. The lowest BCUT2D eigenvalue weighted by atomic mass is 10.1. The highest BCUT2D eigenvalue weighted by atomic mass is 16.5. The van der Waals surface area contributed by atoms with Gasteiger partial charge in [-0.2, -0.15) is 0 Å². The summed E-state index contributed by atoms with van der Waals surface area (Å²) in [5.74, 6) is 0.455. The maximum absolute atomic E-state index is 13.1. The molecule has 1 amide bonds. The van der Waals surface area contributed by atoms with Crippen molar-refractivity contribution in [1.29, 1.82) is 0 Å². The number of nitrogens with one attached hydrogen (secondary N) is 1. The number of aromatic nitrogens is 2. The maximum Gasteiger partial charge on any atom is 0.253 e. The van der Waals surface area contributed by atoms with Crippen molar-refractivity contribution in [2.24, 2.45) is 0 Å². The van der Waals surface area contributed by atoms with Crippen LogP contribution in [0.3, 0.4) is 0 Å². The predicted octanol–water partition coefficient (Wildman–Crippen LogP) is 1.61. The number of benzene rings is 1. The van der Waals surface area contributed by atoms with E-state index in [0.717, 1.165) is 12.1 Å². The second kappa shape index (κ2) is 7.15. The lowest BCUT2D eigenvalue weighted by Crippen LogP contribution is -2.38. The zero-order chi connectivity index (χ0) is 19.0. The monoisotopic (exact) mass is 368 g/mol. The van der Waals surface area contributed by atoms with E-state index >= 15 is 0 Å². The number of hydrogen-bond acceptors (Lipinski definition) is 5. The normalized spacial score (nSPS) is 17.7. The maximum atomic E-state index is 13.1. The Morgan fingerprint density at radius 3 is 2.81 bits per heavy atom. The van der Waals surface area contributed by atoms with Gasteiger partial charge in [-0.05, 0) is 37.5 Å². The van der Waals surface area contributed by atoms with Gasteiger partial charge in [-0.25, -0.2) is 4.98 Å². The molecule has 1 aromatic carbocycles. The number of rotatable bonds is 3. The summed E-state index contributed by atoms with van der Waals surface area (Å²) in [6, 6.07) is 7.52. The molecular formula is C20H24N4O3. The van der Waals surface area contributed by atoms with Gasteiger partial charge in [-0.1, -0.05) is 12.1 Å². The van der Waals surface area contributed by atoms with Gasteiger partial charge in [-0.3, -0.25) is 9.59 Å². The van der Waals surface area contributed by atoms with Crippen LogP contribution in [-0.2, 0) is 16.0 Å². The molecule has 1 atom stereocenters. The predicted molar refractivity (Wildman–Crippen MR) is 104 cm³/mol. The summed E-state index contributed by atoms with van der Waals surface area (Å²) in [7, 11) is 0. The van der Waals surface area contributed by atoms with E-state index in [1.807, 2.05) is 21.9 Å². The number of H-pyrrole nitrogens is 1. The van der Waals surface area contributed by atoms with E-state index in [4.69, 9.17) is 4.74 Å². The van der Waals surface area contributed by atoms with Crippen molar-refractivity contribution < 1.29 is 9.53 Å². The first-order valence-electron chi connectivity index (χ1n) is 9.38. The number of carbonyl (C=O) groups excluding carboxylic acids is 1. The Balaban J connectivity index is 1.61. The van der Waals surface area contributed by atoms with E-state index in [9.17, 15) is 9.59 Å². The van der Waals surface area contributed by atoms with E-state index in [1.165, 1.54) is 17.2 Å². The average Bonchev–Trinajstić information content (AvgIpc) is 3.12. The van der Waals surface area contributed by atoms with Crippen LogP contribution in [0.25, 0.3) is 0 Å². The molecule has 0 radical (unpaired) electrons. The molecule has 1 aromatic heterocycles. The molecule has 1 unspecified atom stereocenters. The van der Waals surface area contributed by atoms with E-state index in [0.29, 0.717) is 44.5 Å². The number of aryl methyl sites for hydroxylation is 1. The molecule has 0 spiro atoms. The second-order valence-electron chi connectivity index (χ2n) is 7.12. The Bertz CT molecular complexity index is 918. The number of ether oxygens (including phenoxy) is 1. The topological polar surface area (TPSA) is 78.5 Å². The molecule has 1 fully saturated rings. The van der Waals surface area contributed by atoms with Gasteiger partial charge in [0.15, 0.2) is 0 Å². The lowest BCUT2D eigenvalue weighted by Gasteiger charge is -2.28. The number of fused-ring (bicyclic) bond motifs is 1. The first kappa shape index (κ1) is 17.7. The van der Waals surface area contributed by atoms with Gasteiger partial charge in [-0.15, -0.1) is 0 Å². The van der Waals surface area contributed by atoms with Crippen LogP contribution in [0.1, 0.15) is 29.8 Å². The molecular weight excluding hydrogens is 344 g/mol. The van der Waals surface area contributed by atoms with Crippen molar-refractivity contribution in [3.05, 3.63) is 51.6 Å². The van der Waals surface area contributed by atoms with Gasteiger partial charge in [0, 0.05) is 31.4 Å². The Labute approximate surface area is 158 Å². The lowest BCUT2D eigenvalue weighted by molar-refractivity contribution is -0.119. The fraction of sp³-hybridized carbons (Fsp3) is 0.450. The van der Waals surface area contributed by atoms with Crippen molar-refractivity contribution >= 4 is 17.4 Å². The summed E-state index contributed by atoms with van der Waals surface area (Å²) in [6.45, 7) is 7.15. The molecule has 1 N–H and O–H groups in total. The minimum atomic E-state index is -0.523. The fourth-order valence-electron chi connectivity index (χ4n) is 3.81. The molecule has 1 saturated heterocycles. The Hall–Kier alpha value is -2.67. The van der Waals surface area contributed by atoms with Crippen molar-refractivity contribution in [3.8, 4) is 0 Å². The van der Waals surface area contributed by atoms with E-state index < -0.39 is 5.92 Å². The first-order valence-corrected chi connectivity index (χ1v) is 9.38. The number of carbonyl (C=O) groups is 1. The molecule has 2 aliphatic heterocycles. The molecule has 7 heteroatoms. The summed E-state index contributed by atoms with van der Waals surface area (Å²) in [5.41, 5.74) is 3.16. The van der Waals surface area contributed by atoms with E-state index in [-0.39, 0.29) is 11.5 Å². The Morgan fingerprint density at radius 2 is 2.04 bits per heavy atom. The summed E-state index contributed by atoms with van der Waals surface area (Å²) in [5, 5.41) is 0. The third kappa shape index (κ3) is 3.35. The highest BCUT2D eigenvalue weighted by Gasteiger charge is 2.31. The number of hydrogen-bond donors (Lipinski definition) is 1. The average molecular weight is 368 g/mol. The third-order valence-corrected chi connectivity index (χ3v) is 5.39. The van der Waals surface area contributed by atoms with Crippen LogP contribution in [-0.4, -0.2) is 48.7 Å². The third-order valence-electron chi connectivity index (χ3n) is 5.39. The highest BCUT2D eigenvalue weighted by Crippen LogP contribution is 2.32. The van der Waals surface area contributed by atoms with Crippen LogP contribution in [0.15, 0.2) is 29.1 Å². The van der Waals surface area contributed by atoms with Crippen LogP contribution >= 0.6 is 0 Å².